The van der Waals surface area contributed by atoms with Crippen LogP contribution in [-0.2, 0) is 4.74 Å². The van der Waals surface area contributed by atoms with Gasteiger partial charge in [-0.15, -0.1) is 0 Å². The molecule has 2 aromatic rings. The van der Waals surface area contributed by atoms with E-state index < -0.39 is 36.2 Å². The number of pyridine rings is 2. The third kappa shape index (κ3) is 9.75. The lowest BCUT2D eigenvalue weighted by Gasteiger charge is -2.14. The van der Waals surface area contributed by atoms with Crippen molar-refractivity contribution in [2.45, 2.75) is 65.5 Å². The Kier molecular flexibility index (Phi) is 11.9. The second-order valence-electron chi connectivity index (χ2n) is 7.64. The first-order valence-corrected chi connectivity index (χ1v) is 10.9. The molecule has 194 valence electrons. The zero-order valence-corrected chi connectivity index (χ0v) is 20.1. The number of hydrogen-bond donors (Lipinski definition) is 3. The van der Waals surface area contributed by atoms with Crippen LogP contribution in [0.4, 0.5) is 29.2 Å². The Morgan fingerprint density at radius 3 is 1.60 bits per heavy atom. The van der Waals surface area contributed by atoms with E-state index in [-0.39, 0.29) is 34.8 Å². The lowest BCUT2D eigenvalue weighted by atomic mass is 10.2. The summed E-state index contributed by atoms with van der Waals surface area (Å²) < 4.78 is 54.9. The fourth-order valence-corrected chi connectivity index (χ4v) is 2.54. The molecule has 0 saturated heterocycles. The van der Waals surface area contributed by atoms with E-state index in [0.717, 1.165) is 25.0 Å². The van der Waals surface area contributed by atoms with Crippen molar-refractivity contribution in [3.05, 3.63) is 46.8 Å². The van der Waals surface area contributed by atoms with Gasteiger partial charge in [-0.2, -0.15) is 0 Å². The molecule has 0 spiro atoms. The summed E-state index contributed by atoms with van der Waals surface area (Å²) in [6, 6.07) is 4.70. The summed E-state index contributed by atoms with van der Waals surface area (Å²) in [6.45, 7) is 7.63. The van der Waals surface area contributed by atoms with E-state index in [1.54, 1.807) is 0 Å². The number of carboxylic acids is 1. The molecule has 2 rings (SSSR count). The van der Waals surface area contributed by atoms with Crippen LogP contribution in [0.1, 0.15) is 85.5 Å². The van der Waals surface area contributed by atoms with Crippen molar-refractivity contribution in [3.63, 3.8) is 0 Å². The van der Waals surface area contributed by atoms with E-state index in [1.165, 1.54) is 19.2 Å². The van der Waals surface area contributed by atoms with Crippen molar-refractivity contribution in [3.8, 4) is 0 Å². The van der Waals surface area contributed by atoms with Crippen LogP contribution in [0.25, 0.3) is 0 Å². The maximum Gasteiger partial charge on any atom is 0.338 e. The number of hydrogen-bond acceptors (Lipinski definition) is 7. The Morgan fingerprint density at radius 2 is 1.26 bits per heavy atom. The summed E-state index contributed by atoms with van der Waals surface area (Å²) in [7, 11) is 1.20. The molecule has 0 aliphatic rings. The SMILES string of the molecule is CCC(C)Nc1cc(C(=O)OC)cc(C(F)F)n1.CC[C@H](C)Nc1cc(C(=O)O)cc(C(F)F)n1. The summed E-state index contributed by atoms with van der Waals surface area (Å²) in [4.78, 5) is 29.6. The first-order chi connectivity index (χ1) is 16.4. The standard InChI is InChI=1S/C12H16F2N2O2.C11H14F2N2O2/c1-4-7(2)15-10-6-8(12(17)18-3)5-9(16-10)11(13)14;1-3-6(2)14-9-5-7(11(16)17)4-8(15-9)10(12)13/h5-7,11H,4H2,1-3H3,(H,15,16);4-6,10H,3H2,1-2H3,(H,14,15)(H,16,17)/t;6-/m.0/s1. The number of aromatic carboxylic acids is 1. The molecule has 0 saturated carbocycles. The molecular weight excluding hydrogens is 472 g/mol. The first kappa shape index (κ1) is 29.6. The largest absolute Gasteiger partial charge is 0.478 e. The van der Waals surface area contributed by atoms with Gasteiger partial charge in [0.05, 0.1) is 18.2 Å². The highest BCUT2D eigenvalue weighted by Crippen LogP contribution is 2.22. The van der Waals surface area contributed by atoms with Gasteiger partial charge in [0.2, 0.25) is 0 Å². The van der Waals surface area contributed by atoms with Gasteiger partial charge in [-0.25, -0.2) is 37.1 Å². The van der Waals surface area contributed by atoms with Crippen LogP contribution in [0.2, 0.25) is 0 Å². The van der Waals surface area contributed by atoms with Gasteiger partial charge in [0.25, 0.3) is 12.9 Å². The van der Waals surface area contributed by atoms with Gasteiger partial charge in [-0.1, -0.05) is 13.8 Å². The van der Waals surface area contributed by atoms with Gasteiger partial charge in [0.1, 0.15) is 23.0 Å². The number of esters is 1. The smallest absolute Gasteiger partial charge is 0.338 e. The number of aromatic nitrogens is 2. The molecule has 0 fully saturated rings. The first-order valence-electron chi connectivity index (χ1n) is 10.9. The molecule has 35 heavy (non-hydrogen) atoms. The van der Waals surface area contributed by atoms with Crippen LogP contribution in [0.5, 0.6) is 0 Å². The second-order valence-corrected chi connectivity index (χ2v) is 7.64. The third-order valence-corrected chi connectivity index (χ3v) is 4.82. The molecule has 3 N–H and O–H groups in total. The number of carbonyl (C=O) groups excluding carboxylic acids is 1. The quantitative estimate of drug-likeness (QED) is 0.270. The lowest BCUT2D eigenvalue weighted by molar-refractivity contribution is 0.0599. The summed E-state index contributed by atoms with van der Waals surface area (Å²) in [5, 5.41) is 14.6. The monoisotopic (exact) mass is 502 g/mol. The van der Waals surface area contributed by atoms with E-state index in [9.17, 15) is 27.2 Å². The maximum atomic E-state index is 12.7. The predicted molar refractivity (Wildman–Crippen MR) is 123 cm³/mol. The molecule has 0 bridgehead atoms. The number of halogens is 4. The van der Waals surface area contributed by atoms with Crippen molar-refractivity contribution < 1.29 is 37.0 Å². The van der Waals surface area contributed by atoms with Gasteiger partial charge >= 0.3 is 11.9 Å². The molecule has 12 heteroatoms. The number of carbonyl (C=O) groups is 2. The zero-order chi connectivity index (χ0) is 26.7. The average molecular weight is 503 g/mol. The van der Waals surface area contributed by atoms with Crippen molar-refractivity contribution >= 4 is 23.6 Å². The normalized spacial score (nSPS) is 12.4. The van der Waals surface area contributed by atoms with Crippen LogP contribution in [0.3, 0.4) is 0 Å². The molecule has 0 aromatic carbocycles. The fourth-order valence-electron chi connectivity index (χ4n) is 2.54. The van der Waals surface area contributed by atoms with Crippen molar-refractivity contribution in [2.24, 2.45) is 0 Å². The Balaban J connectivity index is 0.000000351. The van der Waals surface area contributed by atoms with E-state index in [2.05, 4.69) is 25.3 Å². The Hall–Kier alpha value is -3.44. The number of carboxylic acid groups (broad SMARTS) is 1. The number of methoxy groups -OCH3 is 1. The number of ether oxygens (including phenoxy) is 1. The average Bonchev–Trinajstić information content (AvgIpc) is 2.83. The van der Waals surface area contributed by atoms with Crippen molar-refractivity contribution in [1.29, 1.82) is 0 Å². The second kappa shape index (κ2) is 14.1. The highest BCUT2D eigenvalue weighted by Gasteiger charge is 2.17. The van der Waals surface area contributed by atoms with E-state index >= 15 is 0 Å². The molecule has 2 atom stereocenters. The number of anilines is 2. The molecular formula is C23H30F4N4O4. The van der Waals surface area contributed by atoms with E-state index in [0.29, 0.717) is 0 Å². The van der Waals surface area contributed by atoms with Gasteiger partial charge < -0.3 is 20.5 Å². The van der Waals surface area contributed by atoms with Crippen LogP contribution >= 0.6 is 0 Å². The minimum absolute atomic E-state index is 0.0390. The van der Waals surface area contributed by atoms with Crippen LogP contribution in [0.15, 0.2) is 24.3 Å². The Labute approximate surface area is 201 Å². The van der Waals surface area contributed by atoms with Crippen molar-refractivity contribution in [1.82, 2.24) is 9.97 Å². The molecule has 1 unspecified atom stereocenters. The van der Waals surface area contributed by atoms with Gasteiger partial charge in [0.15, 0.2) is 0 Å². The summed E-state index contributed by atoms with van der Waals surface area (Å²) in [6.07, 6.45) is -3.92. The zero-order valence-electron chi connectivity index (χ0n) is 20.1. The van der Waals surface area contributed by atoms with Crippen LogP contribution in [0, 0.1) is 0 Å². The third-order valence-electron chi connectivity index (χ3n) is 4.82. The van der Waals surface area contributed by atoms with Gasteiger partial charge in [-0.3, -0.25) is 0 Å². The van der Waals surface area contributed by atoms with Crippen LogP contribution in [-0.4, -0.2) is 46.2 Å². The molecule has 0 aliphatic heterocycles. The number of nitrogens with one attached hydrogen (secondary N) is 2. The Bertz CT molecular complexity index is 992. The number of rotatable bonds is 10. The highest BCUT2D eigenvalue weighted by atomic mass is 19.3. The fraction of sp³-hybridized carbons (Fsp3) is 0.478. The highest BCUT2D eigenvalue weighted by molar-refractivity contribution is 5.90. The minimum atomic E-state index is -2.79. The molecule has 0 aliphatic carbocycles. The predicted octanol–water partition coefficient (Wildman–Crippen LogP) is 5.94. The lowest BCUT2D eigenvalue weighted by Crippen LogP contribution is -2.16. The van der Waals surface area contributed by atoms with Gasteiger partial charge in [0, 0.05) is 12.1 Å². The minimum Gasteiger partial charge on any atom is -0.478 e. The van der Waals surface area contributed by atoms with Crippen LogP contribution < -0.4 is 10.6 Å². The number of nitrogens with zero attached hydrogens (tertiary/aromatic N) is 2. The molecule has 0 radical (unpaired) electrons. The summed E-state index contributed by atoms with van der Waals surface area (Å²) in [5.74, 6) is -1.50. The van der Waals surface area contributed by atoms with Crippen molar-refractivity contribution in [2.75, 3.05) is 17.7 Å². The molecule has 2 aromatic heterocycles. The summed E-state index contributed by atoms with van der Waals surface area (Å²) >= 11 is 0. The van der Waals surface area contributed by atoms with E-state index in [1.807, 2.05) is 27.7 Å². The summed E-state index contributed by atoms with van der Waals surface area (Å²) in [5.41, 5.74) is -1.10. The van der Waals surface area contributed by atoms with E-state index in [4.69, 9.17) is 5.11 Å². The Morgan fingerprint density at radius 1 is 0.857 bits per heavy atom. The topological polar surface area (TPSA) is 113 Å². The van der Waals surface area contributed by atoms with Gasteiger partial charge in [-0.05, 0) is 51.0 Å². The molecule has 0 amide bonds. The number of alkyl halides is 4. The maximum absolute atomic E-state index is 12.7. The molecule has 8 nitrogen and oxygen atoms in total. The molecule has 2 heterocycles.